The van der Waals surface area contributed by atoms with Gasteiger partial charge in [-0.15, -0.1) is 11.3 Å². The van der Waals surface area contributed by atoms with Crippen molar-refractivity contribution in [1.29, 1.82) is 0 Å². The monoisotopic (exact) mass is 361 g/mol. The van der Waals surface area contributed by atoms with Gasteiger partial charge in [0.05, 0.1) is 9.47 Å². The molecule has 1 aromatic carbocycles. The molecule has 0 aliphatic heterocycles. The molecule has 0 saturated heterocycles. The maximum atomic E-state index is 13.3. The first-order chi connectivity index (χ1) is 9.47. The lowest BCUT2D eigenvalue weighted by Gasteiger charge is -2.04. The van der Waals surface area contributed by atoms with Crippen LogP contribution in [0.3, 0.4) is 0 Å². The van der Waals surface area contributed by atoms with Crippen molar-refractivity contribution in [2.45, 2.75) is 0 Å². The van der Waals surface area contributed by atoms with E-state index in [-0.39, 0.29) is 0 Å². The quantitative estimate of drug-likeness (QED) is 0.629. The molecule has 1 N–H and O–H groups in total. The van der Waals surface area contributed by atoms with Crippen LogP contribution in [0, 0.1) is 17.5 Å². The molecular formula is C13H7BrF3NOS. The van der Waals surface area contributed by atoms with Crippen LogP contribution in [0.25, 0.3) is 6.08 Å². The number of carbonyl (C=O) groups excluding carboxylic acids is 1. The second-order valence-electron chi connectivity index (χ2n) is 3.69. The molecule has 0 saturated carbocycles. The van der Waals surface area contributed by atoms with Gasteiger partial charge >= 0.3 is 0 Å². The molecule has 0 unspecified atom stereocenters. The maximum Gasteiger partial charge on any atom is 0.248 e. The van der Waals surface area contributed by atoms with Crippen molar-refractivity contribution < 1.29 is 18.0 Å². The Hall–Kier alpha value is -1.60. The first kappa shape index (κ1) is 14.8. The lowest BCUT2D eigenvalue weighted by Crippen LogP contribution is -2.10. The molecule has 0 fully saturated rings. The molecule has 7 heteroatoms. The lowest BCUT2D eigenvalue weighted by atomic mass is 10.2. The van der Waals surface area contributed by atoms with Crippen LogP contribution in [0.4, 0.5) is 18.9 Å². The minimum atomic E-state index is -1.62. The molecule has 1 amide bonds. The Kier molecular flexibility index (Phi) is 4.61. The van der Waals surface area contributed by atoms with Crippen LogP contribution in [-0.2, 0) is 4.79 Å². The van der Waals surface area contributed by atoms with Gasteiger partial charge in [-0.2, -0.15) is 0 Å². The van der Waals surface area contributed by atoms with Crippen LogP contribution in [0.2, 0.25) is 0 Å². The van der Waals surface area contributed by atoms with Gasteiger partial charge in [0.15, 0.2) is 17.5 Å². The summed E-state index contributed by atoms with van der Waals surface area (Å²) in [4.78, 5) is 12.4. The second-order valence-corrected chi connectivity index (χ2v) is 6.18. The van der Waals surface area contributed by atoms with Crippen molar-refractivity contribution in [3.05, 3.63) is 56.5 Å². The number of anilines is 1. The van der Waals surface area contributed by atoms with Gasteiger partial charge in [-0.3, -0.25) is 4.79 Å². The molecule has 2 nitrogen and oxygen atoms in total. The highest BCUT2D eigenvalue weighted by atomic mass is 79.9. The van der Waals surface area contributed by atoms with E-state index in [2.05, 4.69) is 21.2 Å². The number of hydrogen-bond donors (Lipinski definition) is 1. The van der Waals surface area contributed by atoms with E-state index in [1.54, 1.807) is 6.07 Å². The van der Waals surface area contributed by atoms with E-state index in [0.717, 1.165) is 20.8 Å². The average Bonchev–Trinajstić information content (AvgIpc) is 2.83. The molecule has 0 aliphatic carbocycles. The Balaban J connectivity index is 2.09. The highest BCUT2D eigenvalue weighted by molar-refractivity contribution is 9.11. The SMILES string of the molecule is O=C(/C=C/c1ccc(Br)s1)Nc1ccc(F)c(F)c1F. The molecule has 0 spiro atoms. The van der Waals surface area contributed by atoms with Gasteiger partial charge < -0.3 is 5.32 Å². The molecule has 2 rings (SSSR count). The molecule has 0 radical (unpaired) electrons. The third-order valence-corrected chi connectivity index (χ3v) is 3.87. The first-order valence-electron chi connectivity index (χ1n) is 5.35. The number of hydrogen-bond acceptors (Lipinski definition) is 2. The molecule has 1 heterocycles. The van der Waals surface area contributed by atoms with E-state index < -0.39 is 29.0 Å². The number of thiophene rings is 1. The van der Waals surface area contributed by atoms with Gasteiger partial charge in [-0.1, -0.05) is 0 Å². The molecule has 1 aromatic heterocycles. The molecule has 20 heavy (non-hydrogen) atoms. The predicted octanol–water partition coefficient (Wildman–Crippen LogP) is 4.58. The summed E-state index contributed by atoms with van der Waals surface area (Å²) in [5.74, 6) is -4.99. The number of benzene rings is 1. The summed E-state index contributed by atoms with van der Waals surface area (Å²) in [5, 5.41) is 2.14. The predicted molar refractivity (Wildman–Crippen MR) is 76.0 cm³/mol. The number of amides is 1. The van der Waals surface area contributed by atoms with E-state index in [9.17, 15) is 18.0 Å². The Bertz CT molecular complexity index is 684. The second kappa shape index (κ2) is 6.23. The summed E-state index contributed by atoms with van der Waals surface area (Å²) in [6.07, 6.45) is 2.71. The topological polar surface area (TPSA) is 29.1 Å². The van der Waals surface area contributed by atoms with Crippen LogP contribution < -0.4 is 5.32 Å². The van der Waals surface area contributed by atoms with Crippen molar-refractivity contribution in [2.24, 2.45) is 0 Å². The minimum Gasteiger partial charge on any atom is -0.320 e. The third kappa shape index (κ3) is 3.49. The van der Waals surface area contributed by atoms with Gasteiger partial charge in [-0.05, 0) is 46.3 Å². The molecular weight excluding hydrogens is 355 g/mol. The van der Waals surface area contributed by atoms with Crippen LogP contribution in [0.1, 0.15) is 4.88 Å². The van der Waals surface area contributed by atoms with Gasteiger partial charge in [0.2, 0.25) is 5.91 Å². The standard InChI is InChI=1S/C13H7BrF3NOS/c14-10-5-1-7(20-10)2-6-11(19)18-9-4-3-8(15)12(16)13(9)17/h1-6H,(H,18,19)/b6-2+. The summed E-state index contributed by atoms with van der Waals surface area (Å²) < 4.78 is 39.9. The fourth-order valence-electron chi connectivity index (χ4n) is 1.37. The summed E-state index contributed by atoms with van der Waals surface area (Å²) >= 11 is 4.68. The Morgan fingerprint density at radius 3 is 2.55 bits per heavy atom. The number of halogens is 4. The van der Waals surface area contributed by atoms with E-state index in [0.29, 0.717) is 0 Å². The zero-order chi connectivity index (χ0) is 14.7. The summed E-state index contributed by atoms with van der Waals surface area (Å²) in [6, 6.07) is 5.31. The van der Waals surface area contributed by atoms with Crippen molar-refractivity contribution in [3.63, 3.8) is 0 Å². The van der Waals surface area contributed by atoms with Crippen molar-refractivity contribution in [2.75, 3.05) is 5.32 Å². The molecule has 0 aliphatic rings. The number of carbonyl (C=O) groups is 1. The zero-order valence-corrected chi connectivity index (χ0v) is 12.2. The maximum absolute atomic E-state index is 13.3. The van der Waals surface area contributed by atoms with E-state index in [1.165, 1.54) is 23.5 Å². The highest BCUT2D eigenvalue weighted by Crippen LogP contribution is 2.23. The zero-order valence-electron chi connectivity index (χ0n) is 9.79. The molecule has 0 atom stereocenters. The van der Waals surface area contributed by atoms with Gasteiger partial charge in [0.25, 0.3) is 0 Å². The Labute approximate surface area is 125 Å². The summed E-state index contributed by atoms with van der Waals surface area (Å²) in [7, 11) is 0. The molecule has 0 bridgehead atoms. The Morgan fingerprint density at radius 1 is 1.15 bits per heavy atom. The van der Waals surface area contributed by atoms with Crippen LogP contribution in [0.5, 0.6) is 0 Å². The van der Waals surface area contributed by atoms with Crippen molar-refractivity contribution in [1.82, 2.24) is 0 Å². The van der Waals surface area contributed by atoms with E-state index in [4.69, 9.17) is 0 Å². The van der Waals surface area contributed by atoms with Crippen molar-refractivity contribution >= 4 is 44.9 Å². The minimum absolute atomic E-state index is 0.411. The van der Waals surface area contributed by atoms with Gasteiger partial charge in [-0.25, -0.2) is 13.2 Å². The average molecular weight is 362 g/mol. The Morgan fingerprint density at radius 2 is 1.90 bits per heavy atom. The number of nitrogens with one attached hydrogen (secondary N) is 1. The van der Waals surface area contributed by atoms with E-state index >= 15 is 0 Å². The van der Waals surface area contributed by atoms with Gasteiger partial charge in [0, 0.05) is 11.0 Å². The fourth-order valence-corrected chi connectivity index (χ4v) is 2.70. The molecule has 104 valence electrons. The third-order valence-electron chi connectivity index (χ3n) is 2.29. The van der Waals surface area contributed by atoms with Crippen LogP contribution >= 0.6 is 27.3 Å². The molecule has 2 aromatic rings. The first-order valence-corrected chi connectivity index (χ1v) is 6.96. The van der Waals surface area contributed by atoms with E-state index in [1.807, 2.05) is 6.07 Å². The smallest absolute Gasteiger partial charge is 0.248 e. The van der Waals surface area contributed by atoms with Crippen LogP contribution in [0.15, 0.2) is 34.1 Å². The summed E-state index contributed by atoms with van der Waals surface area (Å²) in [5.41, 5.74) is -0.411. The van der Waals surface area contributed by atoms with Gasteiger partial charge in [0.1, 0.15) is 0 Å². The fraction of sp³-hybridized carbons (Fsp3) is 0. The normalized spacial score (nSPS) is 11.0. The number of rotatable bonds is 3. The van der Waals surface area contributed by atoms with Crippen molar-refractivity contribution in [3.8, 4) is 0 Å². The highest BCUT2D eigenvalue weighted by Gasteiger charge is 2.14. The largest absolute Gasteiger partial charge is 0.320 e. The van der Waals surface area contributed by atoms with Crippen LogP contribution in [-0.4, -0.2) is 5.91 Å². The summed E-state index contributed by atoms with van der Waals surface area (Å²) in [6.45, 7) is 0. The lowest BCUT2D eigenvalue weighted by molar-refractivity contribution is -0.111.